The second-order valence-electron chi connectivity index (χ2n) is 3.17. The van der Waals surface area contributed by atoms with Crippen LogP contribution < -0.4 is 0 Å². The van der Waals surface area contributed by atoms with Crippen molar-refractivity contribution in [3.8, 4) is 0 Å². The predicted octanol–water partition coefficient (Wildman–Crippen LogP) is 0.587. The molecule has 1 aliphatic heterocycles. The van der Waals surface area contributed by atoms with Crippen LogP contribution in [-0.4, -0.2) is 46.1 Å². The Morgan fingerprint density at radius 2 is 2.14 bits per heavy atom. The van der Waals surface area contributed by atoms with Gasteiger partial charge in [-0.05, 0) is 18.8 Å². The molecule has 14 heavy (non-hydrogen) atoms. The van der Waals surface area contributed by atoms with Gasteiger partial charge >= 0.3 is 0 Å². The first-order valence-corrected chi connectivity index (χ1v) is 5.05. The molecular weight excluding hydrogens is 210 g/mol. The monoisotopic (exact) mass is 224 g/mol. The third kappa shape index (κ3) is 3.19. The van der Waals surface area contributed by atoms with Gasteiger partial charge in [-0.15, -0.1) is 5.01 Å². The summed E-state index contributed by atoms with van der Waals surface area (Å²) in [6.45, 7) is 1.50. The molecule has 0 aromatic carbocycles. The Balaban J connectivity index is 2.33. The second kappa shape index (κ2) is 5.87. The van der Waals surface area contributed by atoms with Crippen LogP contribution in [0.1, 0.15) is 12.8 Å². The molecule has 2 N–H and O–H groups in total. The molecule has 0 spiro atoms. The molecule has 1 fully saturated rings. The van der Waals surface area contributed by atoms with Crippen LogP contribution in [0.15, 0.2) is 5.28 Å². The molecule has 0 amide bonds. The van der Waals surface area contributed by atoms with E-state index in [2.05, 4.69) is 10.1 Å². The molecule has 1 saturated heterocycles. The Bertz CT molecular complexity index is 195. The van der Waals surface area contributed by atoms with E-state index in [-0.39, 0.29) is 12.7 Å². The number of alkyl halides is 1. The van der Waals surface area contributed by atoms with Crippen LogP contribution in [-0.2, 0) is 4.84 Å². The van der Waals surface area contributed by atoms with Crippen molar-refractivity contribution in [2.75, 3.05) is 25.8 Å². The van der Waals surface area contributed by atoms with E-state index in [4.69, 9.17) is 16.7 Å². The van der Waals surface area contributed by atoms with Crippen molar-refractivity contribution in [3.05, 3.63) is 0 Å². The molecule has 1 heterocycles. The lowest BCUT2D eigenvalue weighted by Crippen LogP contribution is -2.40. The van der Waals surface area contributed by atoms with Gasteiger partial charge in [-0.2, -0.15) is 0 Å². The Morgan fingerprint density at radius 3 is 2.64 bits per heavy atom. The summed E-state index contributed by atoms with van der Waals surface area (Å²) in [5.41, 5.74) is 0. The molecule has 0 unspecified atom stereocenters. The van der Waals surface area contributed by atoms with E-state index in [1.165, 1.54) is 0 Å². The van der Waals surface area contributed by atoms with Crippen molar-refractivity contribution < 1.29 is 20.1 Å². The van der Waals surface area contributed by atoms with Crippen molar-refractivity contribution in [1.82, 2.24) is 5.01 Å². The zero-order chi connectivity index (χ0) is 10.4. The van der Waals surface area contributed by atoms with Gasteiger partial charge in [0.2, 0.25) is 0 Å². The van der Waals surface area contributed by atoms with Gasteiger partial charge in [0.25, 0.3) is 10.2 Å². The van der Waals surface area contributed by atoms with Crippen LogP contribution >= 0.6 is 11.6 Å². The third-order valence-corrected chi connectivity index (χ3v) is 2.38. The first-order chi connectivity index (χ1) is 6.77. The Labute approximate surface area is 87.2 Å². The van der Waals surface area contributed by atoms with Crippen LogP contribution in [0.25, 0.3) is 0 Å². The van der Waals surface area contributed by atoms with E-state index in [1.54, 1.807) is 5.01 Å². The highest BCUT2D eigenvalue weighted by Gasteiger charge is 2.26. The third-order valence-electron chi connectivity index (χ3n) is 2.28. The van der Waals surface area contributed by atoms with Gasteiger partial charge in [-0.3, -0.25) is 0 Å². The minimum Gasteiger partial charge on any atom is -0.396 e. The van der Waals surface area contributed by atoms with E-state index >= 15 is 0 Å². The lowest BCUT2D eigenvalue weighted by molar-refractivity contribution is -0.942. The summed E-state index contributed by atoms with van der Waals surface area (Å²) in [4.78, 5) is 5.14. The quantitative estimate of drug-likeness (QED) is 0.317. The molecule has 0 aliphatic carbocycles. The van der Waals surface area contributed by atoms with Crippen LogP contribution in [0, 0.1) is 5.92 Å². The summed E-state index contributed by atoms with van der Waals surface area (Å²) < 4.78 is 0. The minimum absolute atomic E-state index is 0.0931. The van der Waals surface area contributed by atoms with Crippen LogP contribution in [0.4, 0.5) is 0 Å². The van der Waals surface area contributed by atoms with Gasteiger partial charge in [-0.25, -0.2) is 5.21 Å². The Kier molecular flexibility index (Phi) is 4.75. The normalized spacial score (nSPS) is 19.9. The summed E-state index contributed by atoms with van der Waals surface area (Å²) in [6, 6.07) is -0.0931. The number of hydrogen-bond acceptors (Lipinski definition) is 3. The highest BCUT2D eigenvalue weighted by molar-refractivity contribution is 6.17. The average Bonchev–Trinajstić information content (AvgIpc) is 2.26. The highest BCUT2D eigenvalue weighted by atomic mass is 35.5. The Hall–Kier alpha value is -0.750. The number of hydrogen-bond donors (Lipinski definition) is 2. The van der Waals surface area contributed by atoms with Crippen molar-refractivity contribution in [1.29, 1.82) is 0 Å². The van der Waals surface area contributed by atoms with Gasteiger partial charge in [0.05, 0.1) is 13.1 Å². The molecule has 7 heteroatoms. The summed E-state index contributed by atoms with van der Waals surface area (Å²) in [6.07, 6.45) is 1.67. The molecule has 1 rings (SSSR count). The van der Waals surface area contributed by atoms with E-state index in [9.17, 15) is 5.21 Å². The molecule has 0 aromatic heterocycles. The number of halogens is 1. The summed E-state index contributed by atoms with van der Waals surface area (Å²) in [5.74, 6) is 0.327. The first-order valence-electron chi connectivity index (χ1n) is 4.51. The molecule has 0 atom stereocenters. The fraction of sp³-hybridized carbons (Fsp3) is 1.00. The summed E-state index contributed by atoms with van der Waals surface area (Å²) >= 11 is 5.22. The van der Waals surface area contributed by atoms with Crippen LogP contribution in [0.3, 0.4) is 0 Å². The van der Waals surface area contributed by atoms with Crippen LogP contribution in [0.2, 0.25) is 0 Å². The van der Waals surface area contributed by atoms with Gasteiger partial charge < -0.3 is 9.94 Å². The number of aliphatic hydroxyl groups excluding tert-OH is 1. The summed E-state index contributed by atoms with van der Waals surface area (Å²) in [5, 5.41) is 23.2. The van der Waals surface area contributed by atoms with Crippen molar-refractivity contribution >= 4 is 11.6 Å². The zero-order valence-corrected chi connectivity index (χ0v) is 8.60. The Morgan fingerprint density at radius 1 is 1.50 bits per heavy atom. The first kappa shape index (κ1) is 11.3. The van der Waals surface area contributed by atoms with E-state index in [1.807, 2.05) is 0 Å². The van der Waals surface area contributed by atoms with Gasteiger partial charge in [0.15, 0.2) is 6.07 Å². The smallest absolute Gasteiger partial charge is 0.275 e. The average molecular weight is 225 g/mol. The number of nitrogens with zero attached hydrogens (tertiary/aromatic N) is 3. The van der Waals surface area contributed by atoms with E-state index in [0.717, 1.165) is 12.8 Å². The fourth-order valence-electron chi connectivity index (χ4n) is 1.41. The van der Waals surface area contributed by atoms with Crippen molar-refractivity contribution in [3.63, 3.8) is 0 Å². The van der Waals surface area contributed by atoms with Gasteiger partial charge in [0.1, 0.15) is 0 Å². The SMILES string of the molecule is OCC1CCN(/[N+](O)=N/OCCl)CC1. The van der Waals surface area contributed by atoms with Crippen molar-refractivity contribution in [2.45, 2.75) is 12.8 Å². The molecule has 0 radical (unpaired) electrons. The van der Waals surface area contributed by atoms with Crippen LogP contribution in [0.5, 0.6) is 0 Å². The van der Waals surface area contributed by atoms with Gasteiger partial charge in [0, 0.05) is 6.61 Å². The standard InChI is InChI=1S/C7H15ClN3O3/c8-6-14-9-11(13)10-3-1-7(5-12)2-4-10/h7,12H,1-6H2,(H,9,13)/q+1. The van der Waals surface area contributed by atoms with E-state index in [0.29, 0.717) is 24.0 Å². The molecule has 0 saturated carbocycles. The number of hydrazine groups is 1. The lowest BCUT2D eigenvalue weighted by Gasteiger charge is -2.23. The lowest BCUT2D eigenvalue weighted by atomic mass is 9.99. The fourth-order valence-corrected chi connectivity index (χ4v) is 1.45. The molecule has 6 nitrogen and oxygen atoms in total. The minimum atomic E-state index is -0.0931. The molecule has 1 aliphatic rings. The molecule has 82 valence electrons. The van der Waals surface area contributed by atoms with E-state index < -0.39 is 0 Å². The van der Waals surface area contributed by atoms with Gasteiger partial charge in [-0.1, -0.05) is 11.6 Å². The molecular formula is C7H15ClN3O3+. The summed E-state index contributed by atoms with van der Waals surface area (Å²) in [7, 11) is 0. The maximum Gasteiger partial charge on any atom is 0.275 e. The molecule has 0 bridgehead atoms. The maximum absolute atomic E-state index is 9.31. The second-order valence-corrected chi connectivity index (χ2v) is 3.39. The van der Waals surface area contributed by atoms with Crippen molar-refractivity contribution in [2.24, 2.45) is 11.2 Å². The highest BCUT2D eigenvalue weighted by Crippen LogP contribution is 2.15. The number of aliphatic hydroxyl groups is 1. The largest absolute Gasteiger partial charge is 0.396 e. The number of rotatable bonds is 4. The topological polar surface area (TPSA) is 68.3 Å². The zero-order valence-electron chi connectivity index (χ0n) is 7.84. The molecule has 0 aromatic rings. The predicted molar refractivity (Wildman–Crippen MR) is 47.7 cm³/mol. The maximum atomic E-state index is 9.31. The number of piperidine rings is 1.